The Hall–Kier alpha value is -3.20. The van der Waals surface area contributed by atoms with Gasteiger partial charge in [-0.15, -0.1) is 11.3 Å². The van der Waals surface area contributed by atoms with Crippen molar-refractivity contribution in [1.82, 2.24) is 25.1 Å². The van der Waals surface area contributed by atoms with Crippen molar-refractivity contribution in [3.05, 3.63) is 35.1 Å². The first kappa shape index (κ1) is 21.6. The molecule has 2 N–H and O–H groups in total. The van der Waals surface area contributed by atoms with Crippen molar-refractivity contribution in [3.8, 4) is 5.75 Å². The quantitative estimate of drug-likeness (QED) is 0.412. The van der Waals surface area contributed by atoms with Crippen LogP contribution in [0.4, 0.5) is 11.5 Å². The van der Waals surface area contributed by atoms with E-state index < -0.39 is 0 Å². The highest BCUT2D eigenvalue weighted by molar-refractivity contribution is 7.19. The number of aromatic amines is 1. The molecule has 1 aliphatic rings. The van der Waals surface area contributed by atoms with E-state index in [0.717, 1.165) is 70.6 Å². The number of H-pyrrole nitrogens is 1. The van der Waals surface area contributed by atoms with E-state index in [1.807, 2.05) is 31.0 Å². The summed E-state index contributed by atoms with van der Waals surface area (Å²) in [6.07, 6.45) is 6.85. The predicted molar refractivity (Wildman–Crippen MR) is 131 cm³/mol. The molecule has 0 aliphatic heterocycles. The second kappa shape index (κ2) is 8.97. The number of aryl methyl sites for hydroxylation is 1. The highest BCUT2D eigenvalue weighted by Crippen LogP contribution is 2.42. The minimum Gasteiger partial charge on any atom is -0.492 e. The number of benzene rings is 1. The molecule has 33 heavy (non-hydrogen) atoms. The molecule has 9 heteroatoms. The number of nitrogens with one attached hydrogen (secondary N) is 2. The Morgan fingerprint density at radius 2 is 2.21 bits per heavy atom. The molecule has 3 heterocycles. The molecule has 1 aromatic carbocycles. The molecule has 3 aromatic heterocycles. The van der Waals surface area contributed by atoms with Gasteiger partial charge >= 0.3 is 0 Å². The molecule has 0 bridgehead atoms. The summed E-state index contributed by atoms with van der Waals surface area (Å²) < 4.78 is 5.88. The second-order valence-electron chi connectivity index (χ2n) is 8.47. The lowest BCUT2D eigenvalue weighted by molar-refractivity contribution is -0.134. The Morgan fingerprint density at radius 3 is 3.03 bits per heavy atom. The van der Waals surface area contributed by atoms with Crippen molar-refractivity contribution in [1.29, 1.82) is 0 Å². The summed E-state index contributed by atoms with van der Waals surface area (Å²) in [5.41, 5.74) is 3.03. The van der Waals surface area contributed by atoms with Gasteiger partial charge in [0.2, 0.25) is 5.91 Å². The van der Waals surface area contributed by atoms with E-state index in [-0.39, 0.29) is 11.8 Å². The van der Waals surface area contributed by atoms with Crippen LogP contribution in [0, 0.1) is 5.92 Å². The number of carbonyl (C=O) groups excluding carboxylic acids is 1. The van der Waals surface area contributed by atoms with Crippen LogP contribution in [0.5, 0.6) is 5.75 Å². The van der Waals surface area contributed by atoms with Crippen LogP contribution in [0.25, 0.3) is 21.1 Å². The van der Waals surface area contributed by atoms with Gasteiger partial charge < -0.3 is 15.0 Å². The third kappa shape index (κ3) is 4.01. The van der Waals surface area contributed by atoms with Gasteiger partial charge in [0, 0.05) is 35.8 Å². The summed E-state index contributed by atoms with van der Waals surface area (Å²) in [6.45, 7) is 5.43. The highest BCUT2D eigenvalue weighted by atomic mass is 32.1. The maximum Gasteiger partial charge on any atom is 0.225 e. The summed E-state index contributed by atoms with van der Waals surface area (Å²) in [7, 11) is 1.91. The minimum absolute atomic E-state index is 0.0412. The first-order valence-electron chi connectivity index (χ1n) is 11.5. The van der Waals surface area contributed by atoms with Crippen molar-refractivity contribution in [2.24, 2.45) is 5.92 Å². The molecule has 0 spiro atoms. The van der Waals surface area contributed by atoms with Crippen molar-refractivity contribution in [2.75, 3.05) is 25.5 Å². The lowest BCUT2D eigenvalue weighted by atomic mass is 9.87. The second-order valence-corrected chi connectivity index (χ2v) is 9.55. The molecule has 1 aliphatic carbocycles. The van der Waals surface area contributed by atoms with Crippen LogP contribution in [0.1, 0.15) is 37.1 Å². The number of carbonyl (C=O) groups is 1. The number of anilines is 2. The lowest BCUT2D eigenvalue weighted by Crippen LogP contribution is -2.35. The average Bonchev–Trinajstić information content (AvgIpc) is 3.42. The molecule has 172 valence electrons. The van der Waals surface area contributed by atoms with Gasteiger partial charge in [0.05, 0.1) is 29.4 Å². The Morgan fingerprint density at radius 1 is 1.33 bits per heavy atom. The largest absolute Gasteiger partial charge is 0.492 e. The third-order valence-electron chi connectivity index (χ3n) is 6.22. The summed E-state index contributed by atoms with van der Waals surface area (Å²) in [4.78, 5) is 26.1. The van der Waals surface area contributed by atoms with Crippen LogP contribution >= 0.6 is 11.3 Å². The van der Waals surface area contributed by atoms with Crippen molar-refractivity contribution in [2.45, 2.75) is 39.5 Å². The molecule has 5 rings (SSSR count). The maximum atomic E-state index is 12.9. The van der Waals surface area contributed by atoms with Gasteiger partial charge in [0.25, 0.3) is 0 Å². The molecule has 1 unspecified atom stereocenters. The van der Waals surface area contributed by atoms with Crippen molar-refractivity contribution < 1.29 is 9.53 Å². The van der Waals surface area contributed by atoms with Gasteiger partial charge in [-0.2, -0.15) is 5.10 Å². The number of nitrogens with zero attached hydrogens (tertiary/aromatic N) is 4. The molecule has 4 aromatic rings. The smallest absolute Gasteiger partial charge is 0.225 e. The van der Waals surface area contributed by atoms with E-state index in [1.165, 1.54) is 10.4 Å². The molecule has 1 amide bonds. The van der Waals surface area contributed by atoms with Gasteiger partial charge in [0.1, 0.15) is 22.7 Å². The first-order chi connectivity index (χ1) is 16.1. The standard InChI is InChI=1S/C24H28N6O2S/c1-4-8-30(3)24(31)14-6-7-16-20(10-14)33-23-21(16)22(25-13-26-23)28-18-9-15-12-27-29-17(15)11-19(18)32-5-2/h9,11-14H,4-8,10H2,1-3H3,(H,27,29)(H,25,26,28). The fraction of sp³-hybridized carbons (Fsp3) is 0.417. The van der Waals surface area contributed by atoms with Crippen LogP contribution in [0.2, 0.25) is 0 Å². The number of hydrogen-bond donors (Lipinski definition) is 2. The van der Waals surface area contributed by atoms with Gasteiger partial charge in [-0.3, -0.25) is 9.89 Å². The molecular formula is C24H28N6O2S. The SMILES string of the molecule is CCCN(C)C(=O)C1CCc2c(sc3ncnc(Nc4cc5cn[nH]c5cc4OCC)c23)C1. The van der Waals surface area contributed by atoms with Crippen LogP contribution in [-0.4, -0.2) is 51.2 Å². The summed E-state index contributed by atoms with van der Waals surface area (Å²) in [5.74, 6) is 1.81. The molecule has 0 radical (unpaired) electrons. The Labute approximate surface area is 196 Å². The molecule has 1 atom stereocenters. The number of rotatable bonds is 7. The van der Waals surface area contributed by atoms with Crippen molar-refractivity contribution >= 4 is 49.9 Å². The minimum atomic E-state index is 0.0412. The van der Waals surface area contributed by atoms with Crippen LogP contribution in [-0.2, 0) is 17.6 Å². The van der Waals surface area contributed by atoms with Crippen LogP contribution in [0.15, 0.2) is 24.7 Å². The number of amides is 1. The lowest BCUT2D eigenvalue weighted by Gasteiger charge is -2.26. The summed E-state index contributed by atoms with van der Waals surface area (Å²) >= 11 is 1.68. The number of ether oxygens (including phenoxy) is 1. The Kier molecular flexibility index (Phi) is 5.88. The van der Waals surface area contributed by atoms with E-state index in [9.17, 15) is 4.79 Å². The normalized spacial score (nSPS) is 15.5. The van der Waals surface area contributed by atoms with E-state index in [2.05, 4.69) is 32.4 Å². The fourth-order valence-electron chi connectivity index (χ4n) is 4.64. The zero-order valence-corrected chi connectivity index (χ0v) is 20.0. The molecular weight excluding hydrogens is 436 g/mol. The van der Waals surface area contributed by atoms with E-state index in [0.29, 0.717) is 6.61 Å². The van der Waals surface area contributed by atoms with Crippen LogP contribution < -0.4 is 10.1 Å². The predicted octanol–water partition coefficient (Wildman–Crippen LogP) is 4.68. The fourth-order valence-corrected chi connectivity index (χ4v) is 5.91. The van der Waals surface area contributed by atoms with Gasteiger partial charge in [-0.25, -0.2) is 9.97 Å². The summed E-state index contributed by atoms with van der Waals surface area (Å²) in [5, 5.41) is 12.7. The van der Waals surface area contributed by atoms with Gasteiger partial charge in [-0.05, 0) is 44.2 Å². The topological polar surface area (TPSA) is 96.0 Å². The van der Waals surface area contributed by atoms with Gasteiger partial charge in [0.15, 0.2) is 0 Å². The number of thiophene rings is 1. The summed E-state index contributed by atoms with van der Waals surface area (Å²) in [6, 6.07) is 3.98. The number of hydrogen-bond acceptors (Lipinski definition) is 7. The molecule has 8 nitrogen and oxygen atoms in total. The third-order valence-corrected chi connectivity index (χ3v) is 7.39. The molecule has 0 saturated carbocycles. The number of fused-ring (bicyclic) bond motifs is 4. The van der Waals surface area contributed by atoms with Crippen molar-refractivity contribution in [3.63, 3.8) is 0 Å². The monoisotopic (exact) mass is 464 g/mol. The zero-order valence-electron chi connectivity index (χ0n) is 19.1. The zero-order chi connectivity index (χ0) is 22.9. The molecule has 0 saturated heterocycles. The molecule has 0 fully saturated rings. The maximum absolute atomic E-state index is 12.9. The highest BCUT2D eigenvalue weighted by Gasteiger charge is 2.30. The average molecular weight is 465 g/mol. The van der Waals surface area contributed by atoms with Gasteiger partial charge in [-0.1, -0.05) is 6.92 Å². The van der Waals surface area contributed by atoms with E-state index >= 15 is 0 Å². The Bertz CT molecular complexity index is 1310. The van der Waals surface area contributed by atoms with E-state index in [1.54, 1.807) is 23.9 Å². The first-order valence-corrected chi connectivity index (χ1v) is 12.3. The van der Waals surface area contributed by atoms with Crippen LogP contribution in [0.3, 0.4) is 0 Å². The Balaban J connectivity index is 1.49. The van der Waals surface area contributed by atoms with E-state index in [4.69, 9.17) is 4.74 Å². The number of aromatic nitrogens is 4.